The van der Waals surface area contributed by atoms with Crippen molar-refractivity contribution < 1.29 is 40.6 Å². The quantitative estimate of drug-likeness (QED) is 0.726. The van der Waals surface area contributed by atoms with Crippen molar-refractivity contribution in [3.05, 3.63) is 17.6 Å². The lowest BCUT2D eigenvalue weighted by atomic mass is 10.4. The molecule has 0 aliphatic heterocycles. The van der Waals surface area contributed by atoms with Crippen LogP contribution >= 0.6 is 0 Å². The summed E-state index contributed by atoms with van der Waals surface area (Å²) in [6.45, 7) is -1.11. The van der Waals surface area contributed by atoms with E-state index in [-0.39, 0.29) is 5.76 Å². The first kappa shape index (κ1) is 17.5. The Hall–Kier alpha value is -1.59. The third kappa shape index (κ3) is 5.36. The summed E-state index contributed by atoms with van der Waals surface area (Å²) in [4.78, 5) is 10.3. The Labute approximate surface area is 117 Å². The fourth-order valence-corrected chi connectivity index (χ4v) is 2.54. The van der Waals surface area contributed by atoms with Gasteiger partial charge in [0.1, 0.15) is 17.3 Å². The number of carboxylic acid groups (broad SMARTS) is 1. The number of hydrogen-bond acceptors (Lipinski definition) is 5. The van der Waals surface area contributed by atoms with Crippen LogP contribution in [-0.2, 0) is 14.8 Å². The zero-order valence-electron chi connectivity index (χ0n) is 10.7. The van der Waals surface area contributed by atoms with Gasteiger partial charge >= 0.3 is 12.1 Å². The molecule has 0 atom stereocenters. The second-order valence-electron chi connectivity index (χ2n) is 3.90. The first-order chi connectivity index (χ1) is 9.53. The Bertz CT molecular complexity index is 607. The van der Waals surface area contributed by atoms with Gasteiger partial charge in [0.15, 0.2) is 0 Å². The minimum Gasteiger partial charge on any atom is -0.475 e. The summed E-state index contributed by atoms with van der Waals surface area (Å²) in [6.07, 6.45) is -4.49. The molecular weight excluding hydrogens is 319 g/mol. The van der Waals surface area contributed by atoms with Crippen LogP contribution in [0.5, 0.6) is 0 Å². The van der Waals surface area contributed by atoms with Crippen LogP contribution in [-0.4, -0.2) is 45.4 Å². The first-order valence-corrected chi connectivity index (χ1v) is 6.99. The zero-order valence-corrected chi connectivity index (χ0v) is 11.5. The molecule has 0 amide bonds. The Kier molecular flexibility index (Phi) is 5.36. The van der Waals surface area contributed by atoms with E-state index in [9.17, 15) is 26.4 Å². The topological polar surface area (TPSA) is 106 Å². The molecule has 0 aromatic carbocycles. The highest BCUT2D eigenvalue weighted by Gasteiger charge is 2.27. The maximum absolute atomic E-state index is 11.8. The highest BCUT2D eigenvalue weighted by Crippen LogP contribution is 2.19. The van der Waals surface area contributed by atoms with Gasteiger partial charge < -0.3 is 14.3 Å². The molecule has 7 nitrogen and oxygen atoms in total. The van der Waals surface area contributed by atoms with Crippen molar-refractivity contribution >= 4 is 16.0 Å². The second-order valence-corrected chi connectivity index (χ2v) is 5.64. The van der Waals surface area contributed by atoms with Crippen LogP contribution in [0.15, 0.2) is 15.4 Å². The molecule has 1 aromatic rings. The highest BCUT2D eigenvalue weighted by atomic mass is 32.2. The smallest absolute Gasteiger partial charge is 0.411 e. The van der Waals surface area contributed by atoms with Crippen molar-refractivity contribution in [2.75, 3.05) is 19.8 Å². The summed E-state index contributed by atoms with van der Waals surface area (Å²) in [5.74, 6) is -2.13. The Morgan fingerprint density at radius 2 is 2.10 bits per heavy atom. The van der Waals surface area contributed by atoms with E-state index >= 15 is 0 Å². The van der Waals surface area contributed by atoms with Crippen LogP contribution in [0.4, 0.5) is 13.2 Å². The molecule has 1 rings (SSSR count). The van der Waals surface area contributed by atoms with Gasteiger partial charge in [-0.25, -0.2) is 17.9 Å². The molecule has 0 radical (unpaired) electrons. The average Bonchev–Trinajstić information content (AvgIpc) is 2.70. The molecule has 0 aliphatic rings. The van der Waals surface area contributed by atoms with E-state index in [2.05, 4.69) is 4.74 Å². The van der Waals surface area contributed by atoms with E-state index in [0.29, 0.717) is 0 Å². The molecule has 120 valence electrons. The molecule has 1 heterocycles. The number of alkyl halides is 3. The summed E-state index contributed by atoms with van der Waals surface area (Å²) < 4.78 is 69.9. The summed E-state index contributed by atoms with van der Waals surface area (Å²) in [7, 11) is -4.09. The van der Waals surface area contributed by atoms with Crippen molar-refractivity contribution in [2.24, 2.45) is 0 Å². The standard InChI is InChI=1S/C10H12F3NO6S/c1-6-8(4-7(20-6)9(15)16)21(17,18)14-2-3-19-5-10(11,12)13/h4,14H,2-3,5H2,1H3,(H,15,16). The zero-order chi connectivity index (χ0) is 16.3. The van der Waals surface area contributed by atoms with Crippen LogP contribution in [0, 0.1) is 6.92 Å². The molecule has 11 heteroatoms. The number of aryl methyl sites for hydroxylation is 1. The van der Waals surface area contributed by atoms with Crippen LogP contribution in [0.25, 0.3) is 0 Å². The lowest BCUT2D eigenvalue weighted by molar-refractivity contribution is -0.173. The predicted molar refractivity (Wildman–Crippen MR) is 62.5 cm³/mol. The average molecular weight is 331 g/mol. The highest BCUT2D eigenvalue weighted by molar-refractivity contribution is 7.89. The molecule has 0 saturated carbocycles. The molecule has 0 bridgehead atoms. The maximum Gasteiger partial charge on any atom is 0.411 e. The van der Waals surface area contributed by atoms with E-state index in [1.54, 1.807) is 0 Å². The number of nitrogens with one attached hydrogen (secondary N) is 1. The number of ether oxygens (including phenoxy) is 1. The number of halogens is 3. The van der Waals surface area contributed by atoms with Gasteiger partial charge in [-0.2, -0.15) is 13.2 Å². The number of carbonyl (C=O) groups is 1. The molecule has 0 saturated heterocycles. The van der Waals surface area contributed by atoms with Crippen molar-refractivity contribution in [3.8, 4) is 0 Å². The minimum absolute atomic E-state index is 0.142. The van der Waals surface area contributed by atoms with Crippen LogP contribution in [0.1, 0.15) is 16.3 Å². The summed E-state index contributed by atoms with van der Waals surface area (Å²) in [5.41, 5.74) is 0. The lowest BCUT2D eigenvalue weighted by Crippen LogP contribution is -2.29. The monoisotopic (exact) mass is 331 g/mol. The van der Waals surface area contributed by atoms with E-state index in [1.807, 2.05) is 4.72 Å². The fraction of sp³-hybridized carbons (Fsp3) is 0.500. The summed E-state index contributed by atoms with van der Waals surface area (Å²) >= 11 is 0. The SMILES string of the molecule is Cc1oc(C(=O)O)cc1S(=O)(=O)NCCOCC(F)(F)F. The Morgan fingerprint density at radius 3 is 2.57 bits per heavy atom. The first-order valence-electron chi connectivity index (χ1n) is 5.51. The molecule has 21 heavy (non-hydrogen) atoms. The maximum atomic E-state index is 11.8. The van der Waals surface area contributed by atoms with Gasteiger partial charge in [0.05, 0.1) is 6.61 Å². The largest absolute Gasteiger partial charge is 0.475 e. The molecule has 1 aromatic heterocycles. The lowest BCUT2D eigenvalue weighted by Gasteiger charge is -2.08. The van der Waals surface area contributed by atoms with E-state index in [0.717, 1.165) is 6.07 Å². The van der Waals surface area contributed by atoms with Crippen molar-refractivity contribution in [1.29, 1.82) is 0 Å². The number of hydrogen-bond donors (Lipinski definition) is 2. The molecule has 2 N–H and O–H groups in total. The number of furan rings is 1. The number of carboxylic acids is 1. The molecule has 0 fully saturated rings. The normalized spacial score (nSPS) is 12.6. The molecular formula is C10H12F3NO6S. The van der Waals surface area contributed by atoms with Gasteiger partial charge in [-0.05, 0) is 6.92 Å². The molecule has 0 aliphatic carbocycles. The number of sulfonamides is 1. The van der Waals surface area contributed by atoms with Gasteiger partial charge in [0.2, 0.25) is 15.8 Å². The third-order valence-corrected chi connectivity index (χ3v) is 3.75. The predicted octanol–water partition coefficient (Wildman–Crippen LogP) is 1.14. The van der Waals surface area contributed by atoms with Crippen molar-refractivity contribution in [2.45, 2.75) is 18.0 Å². The van der Waals surface area contributed by atoms with Crippen LogP contribution in [0.3, 0.4) is 0 Å². The van der Waals surface area contributed by atoms with E-state index in [1.165, 1.54) is 6.92 Å². The Morgan fingerprint density at radius 1 is 1.48 bits per heavy atom. The van der Waals surface area contributed by atoms with Gasteiger partial charge in [0.25, 0.3) is 0 Å². The van der Waals surface area contributed by atoms with Gasteiger partial charge in [0, 0.05) is 12.6 Å². The van der Waals surface area contributed by atoms with Crippen molar-refractivity contribution in [1.82, 2.24) is 4.72 Å². The van der Waals surface area contributed by atoms with Crippen molar-refractivity contribution in [3.63, 3.8) is 0 Å². The van der Waals surface area contributed by atoms with Crippen LogP contribution < -0.4 is 4.72 Å². The fourth-order valence-electron chi connectivity index (χ4n) is 1.35. The van der Waals surface area contributed by atoms with E-state index in [4.69, 9.17) is 9.52 Å². The number of rotatable bonds is 7. The third-order valence-electron chi connectivity index (χ3n) is 2.18. The van der Waals surface area contributed by atoms with Gasteiger partial charge in [-0.1, -0.05) is 0 Å². The summed E-state index contributed by atoms with van der Waals surface area (Å²) in [6, 6.07) is 0.816. The minimum atomic E-state index is -4.49. The molecule has 0 unspecified atom stereocenters. The van der Waals surface area contributed by atoms with Gasteiger partial charge in [-0.15, -0.1) is 0 Å². The number of aromatic carboxylic acids is 1. The summed E-state index contributed by atoms with van der Waals surface area (Å²) in [5, 5.41) is 8.68. The Balaban J connectivity index is 2.60. The van der Waals surface area contributed by atoms with Gasteiger partial charge in [-0.3, -0.25) is 0 Å². The molecule has 0 spiro atoms. The van der Waals surface area contributed by atoms with Crippen LogP contribution in [0.2, 0.25) is 0 Å². The second kappa shape index (κ2) is 6.45. The van der Waals surface area contributed by atoms with E-state index < -0.39 is 52.6 Å².